The van der Waals surface area contributed by atoms with E-state index < -0.39 is 0 Å². The quantitative estimate of drug-likeness (QED) is 0.221. The minimum absolute atomic E-state index is 0.0185. The molecule has 5 aromatic rings. The SMILES string of the molecule is OC[C@H](Cc1ccccc1)N(Cc1ccccc1-c1ccccc1)Cc1ccccc1-c1ccccc1. The predicted molar refractivity (Wildman–Crippen MR) is 154 cm³/mol. The van der Waals surface area contributed by atoms with Crippen LogP contribution in [0.2, 0.25) is 0 Å². The lowest BCUT2D eigenvalue weighted by Crippen LogP contribution is -2.39. The summed E-state index contributed by atoms with van der Waals surface area (Å²) in [4.78, 5) is 2.44. The lowest BCUT2D eigenvalue weighted by atomic mass is 9.96. The standard InChI is InChI=1S/C35H33NO/c37-27-33(24-28-14-4-1-5-15-28)36(25-31-20-10-12-22-34(31)29-16-6-2-7-17-29)26-32-21-11-13-23-35(32)30-18-8-3-9-19-30/h1-23,33,37H,24-27H2/t33-/m0/s1. The fraction of sp³-hybridized carbons (Fsp3) is 0.143. The van der Waals surface area contributed by atoms with Gasteiger partial charge in [-0.3, -0.25) is 4.90 Å². The van der Waals surface area contributed by atoms with Crippen molar-refractivity contribution in [1.82, 2.24) is 4.90 Å². The maximum Gasteiger partial charge on any atom is 0.0590 e. The third kappa shape index (κ3) is 6.24. The molecule has 5 aromatic carbocycles. The van der Waals surface area contributed by atoms with E-state index in [1.54, 1.807) is 0 Å². The largest absolute Gasteiger partial charge is 0.395 e. The highest BCUT2D eigenvalue weighted by atomic mass is 16.3. The summed E-state index contributed by atoms with van der Waals surface area (Å²) in [6.45, 7) is 1.58. The van der Waals surface area contributed by atoms with Crippen molar-refractivity contribution in [3.8, 4) is 22.3 Å². The zero-order valence-corrected chi connectivity index (χ0v) is 21.1. The second-order valence-electron chi connectivity index (χ2n) is 9.48. The number of hydrogen-bond donors (Lipinski definition) is 1. The van der Waals surface area contributed by atoms with Crippen molar-refractivity contribution in [3.63, 3.8) is 0 Å². The molecule has 0 unspecified atom stereocenters. The maximum absolute atomic E-state index is 10.6. The van der Waals surface area contributed by atoms with Gasteiger partial charge in [-0.25, -0.2) is 0 Å². The molecule has 0 heterocycles. The molecular formula is C35H33NO. The van der Waals surface area contributed by atoms with Crippen molar-refractivity contribution >= 4 is 0 Å². The molecule has 2 nitrogen and oxygen atoms in total. The lowest BCUT2D eigenvalue weighted by molar-refractivity contribution is 0.109. The van der Waals surface area contributed by atoms with E-state index in [-0.39, 0.29) is 12.6 Å². The summed E-state index contributed by atoms with van der Waals surface area (Å²) < 4.78 is 0. The van der Waals surface area contributed by atoms with Crippen molar-refractivity contribution < 1.29 is 5.11 Å². The molecule has 0 spiro atoms. The van der Waals surface area contributed by atoms with Gasteiger partial charge in [0.05, 0.1) is 6.61 Å². The Morgan fingerprint density at radius 3 is 1.35 bits per heavy atom. The highest BCUT2D eigenvalue weighted by Gasteiger charge is 2.22. The van der Waals surface area contributed by atoms with Crippen LogP contribution in [0, 0.1) is 0 Å². The Kier molecular flexibility index (Phi) is 8.22. The van der Waals surface area contributed by atoms with Crippen molar-refractivity contribution in [1.29, 1.82) is 0 Å². The van der Waals surface area contributed by atoms with Crippen molar-refractivity contribution in [2.24, 2.45) is 0 Å². The molecule has 5 rings (SSSR count). The van der Waals surface area contributed by atoms with E-state index in [0.717, 1.165) is 19.5 Å². The summed E-state index contributed by atoms with van der Waals surface area (Å²) in [5, 5.41) is 10.6. The Bertz CT molecular complexity index is 1300. The van der Waals surface area contributed by atoms with Crippen LogP contribution in [0.1, 0.15) is 16.7 Å². The van der Waals surface area contributed by atoms with Crippen molar-refractivity contribution in [3.05, 3.63) is 156 Å². The summed E-state index contributed by atoms with van der Waals surface area (Å²) in [5.41, 5.74) is 8.66. The first-order valence-electron chi connectivity index (χ1n) is 13.0. The number of benzene rings is 5. The molecule has 0 fully saturated rings. The summed E-state index contributed by atoms with van der Waals surface area (Å²) in [6.07, 6.45) is 0.790. The van der Waals surface area contributed by atoms with E-state index in [9.17, 15) is 5.11 Å². The molecule has 37 heavy (non-hydrogen) atoms. The third-order valence-corrected chi connectivity index (χ3v) is 6.99. The van der Waals surface area contributed by atoms with Crippen molar-refractivity contribution in [2.75, 3.05) is 6.61 Å². The van der Waals surface area contributed by atoms with Crippen LogP contribution in [0.4, 0.5) is 0 Å². The highest BCUT2D eigenvalue weighted by Crippen LogP contribution is 2.29. The fourth-order valence-corrected chi connectivity index (χ4v) is 5.06. The number of nitrogens with zero attached hydrogens (tertiary/aromatic N) is 1. The van der Waals surface area contributed by atoms with Gasteiger partial charge in [-0.2, -0.15) is 0 Å². The minimum atomic E-state index is -0.0185. The van der Waals surface area contributed by atoms with Gasteiger partial charge in [-0.05, 0) is 45.4 Å². The first-order valence-corrected chi connectivity index (χ1v) is 13.0. The zero-order chi connectivity index (χ0) is 25.3. The smallest absolute Gasteiger partial charge is 0.0590 e. The minimum Gasteiger partial charge on any atom is -0.395 e. The van der Waals surface area contributed by atoms with Gasteiger partial charge in [-0.15, -0.1) is 0 Å². The monoisotopic (exact) mass is 483 g/mol. The Balaban J connectivity index is 1.52. The summed E-state index contributed by atoms with van der Waals surface area (Å²) in [7, 11) is 0. The van der Waals surface area contributed by atoms with Crippen LogP contribution in [-0.2, 0) is 19.5 Å². The maximum atomic E-state index is 10.6. The summed E-state index contributed by atoms with van der Waals surface area (Å²) >= 11 is 0. The normalized spacial score (nSPS) is 11.9. The molecule has 2 heteroatoms. The Morgan fingerprint density at radius 2 is 0.892 bits per heavy atom. The van der Waals surface area contributed by atoms with E-state index in [1.165, 1.54) is 38.9 Å². The van der Waals surface area contributed by atoms with E-state index in [0.29, 0.717) is 0 Å². The molecule has 0 aliphatic rings. The molecule has 0 aromatic heterocycles. The van der Waals surface area contributed by atoms with Gasteiger partial charge in [0.1, 0.15) is 0 Å². The van der Waals surface area contributed by atoms with Crippen LogP contribution in [-0.4, -0.2) is 22.7 Å². The molecule has 0 aliphatic carbocycles. The molecule has 184 valence electrons. The van der Waals surface area contributed by atoms with Crippen LogP contribution in [0.3, 0.4) is 0 Å². The Labute approximate surface area is 220 Å². The van der Waals surface area contributed by atoms with Gasteiger partial charge < -0.3 is 5.11 Å². The second-order valence-corrected chi connectivity index (χ2v) is 9.48. The summed E-state index contributed by atoms with van der Waals surface area (Å²) in [6, 6.07) is 48.9. The number of hydrogen-bond acceptors (Lipinski definition) is 2. The molecule has 1 atom stereocenters. The van der Waals surface area contributed by atoms with Gasteiger partial charge in [0.25, 0.3) is 0 Å². The van der Waals surface area contributed by atoms with E-state index >= 15 is 0 Å². The zero-order valence-electron chi connectivity index (χ0n) is 21.1. The van der Waals surface area contributed by atoms with E-state index in [1.807, 2.05) is 6.07 Å². The number of aliphatic hydroxyl groups excluding tert-OH is 1. The van der Waals surface area contributed by atoms with Gasteiger partial charge >= 0.3 is 0 Å². The average molecular weight is 484 g/mol. The van der Waals surface area contributed by atoms with Crippen LogP contribution >= 0.6 is 0 Å². The van der Waals surface area contributed by atoms with E-state index in [2.05, 4.69) is 138 Å². The first-order chi connectivity index (χ1) is 18.3. The molecule has 0 bridgehead atoms. The molecule has 0 saturated heterocycles. The van der Waals surface area contributed by atoms with Crippen LogP contribution in [0.5, 0.6) is 0 Å². The molecule has 1 N–H and O–H groups in total. The van der Waals surface area contributed by atoms with Crippen LogP contribution in [0.25, 0.3) is 22.3 Å². The Hall–Kier alpha value is -3.98. The van der Waals surface area contributed by atoms with Gasteiger partial charge in [0, 0.05) is 19.1 Å². The van der Waals surface area contributed by atoms with Crippen LogP contribution in [0.15, 0.2) is 140 Å². The fourth-order valence-electron chi connectivity index (χ4n) is 5.06. The van der Waals surface area contributed by atoms with E-state index in [4.69, 9.17) is 0 Å². The Morgan fingerprint density at radius 1 is 0.486 bits per heavy atom. The predicted octanol–water partition coefficient (Wildman–Crippen LogP) is 7.63. The number of rotatable bonds is 10. The molecule has 0 radical (unpaired) electrons. The van der Waals surface area contributed by atoms with Crippen LogP contribution < -0.4 is 0 Å². The molecular weight excluding hydrogens is 450 g/mol. The molecule has 0 saturated carbocycles. The average Bonchev–Trinajstić information content (AvgIpc) is 2.97. The number of aliphatic hydroxyl groups is 1. The van der Waals surface area contributed by atoms with Gasteiger partial charge in [0.15, 0.2) is 0 Å². The molecule has 0 amide bonds. The summed E-state index contributed by atoms with van der Waals surface area (Å²) in [5.74, 6) is 0. The van der Waals surface area contributed by atoms with Gasteiger partial charge in [0.2, 0.25) is 0 Å². The van der Waals surface area contributed by atoms with Crippen molar-refractivity contribution in [2.45, 2.75) is 25.6 Å². The third-order valence-electron chi connectivity index (χ3n) is 6.99. The highest BCUT2D eigenvalue weighted by molar-refractivity contribution is 5.68. The molecule has 0 aliphatic heterocycles. The second kappa shape index (κ2) is 12.3. The topological polar surface area (TPSA) is 23.5 Å². The lowest BCUT2D eigenvalue weighted by Gasteiger charge is -2.32. The first kappa shape index (κ1) is 24.7. The van der Waals surface area contributed by atoms with Gasteiger partial charge in [-0.1, -0.05) is 140 Å².